The smallest absolute Gasteiger partial charge is 0.120 e. The highest BCUT2D eigenvalue weighted by molar-refractivity contribution is 5.28. The van der Waals surface area contributed by atoms with Gasteiger partial charge in [0.1, 0.15) is 5.75 Å². The molecule has 0 radical (unpaired) electrons. The summed E-state index contributed by atoms with van der Waals surface area (Å²) in [5.74, 6) is 0.991. The van der Waals surface area contributed by atoms with Gasteiger partial charge in [0.05, 0.1) is 12.2 Å². The van der Waals surface area contributed by atoms with Crippen molar-refractivity contribution in [2.24, 2.45) is 0 Å². The van der Waals surface area contributed by atoms with Crippen molar-refractivity contribution in [3.8, 4) is 5.75 Å². The van der Waals surface area contributed by atoms with Gasteiger partial charge in [-0.15, -0.1) is 0 Å². The molecular weight excluding hydrogens is 250 g/mol. The van der Waals surface area contributed by atoms with Gasteiger partial charge in [0.25, 0.3) is 0 Å². The number of aliphatic hydroxyl groups excluding tert-OH is 1. The SMILES string of the molecule is CCC(O)CCNCc1cccc(OC2CCCC2)c1. The van der Waals surface area contributed by atoms with Crippen molar-refractivity contribution < 1.29 is 9.84 Å². The van der Waals surface area contributed by atoms with Gasteiger partial charge < -0.3 is 15.2 Å². The van der Waals surface area contributed by atoms with Crippen LogP contribution in [0.2, 0.25) is 0 Å². The van der Waals surface area contributed by atoms with E-state index in [-0.39, 0.29) is 6.10 Å². The van der Waals surface area contributed by atoms with Crippen molar-refractivity contribution in [1.29, 1.82) is 0 Å². The Balaban J connectivity index is 1.74. The lowest BCUT2D eigenvalue weighted by molar-refractivity contribution is 0.159. The molecule has 0 aromatic heterocycles. The maximum Gasteiger partial charge on any atom is 0.120 e. The van der Waals surface area contributed by atoms with Crippen LogP contribution in [0.25, 0.3) is 0 Å². The number of aliphatic hydroxyl groups is 1. The molecular formula is C17H27NO2. The fourth-order valence-electron chi connectivity index (χ4n) is 2.63. The number of ether oxygens (including phenoxy) is 1. The molecule has 0 amide bonds. The summed E-state index contributed by atoms with van der Waals surface area (Å²) in [6.07, 6.45) is 6.85. The van der Waals surface area contributed by atoms with Gasteiger partial charge in [-0.05, 0) is 62.8 Å². The van der Waals surface area contributed by atoms with Crippen LogP contribution >= 0.6 is 0 Å². The molecule has 20 heavy (non-hydrogen) atoms. The van der Waals surface area contributed by atoms with Gasteiger partial charge in [0.15, 0.2) is 0 Å². The molecule has 1 aromatic carbocycles. The second-order valence-electron chi connectivity index (χ2n) is 5.70. The Morgan fingerprint density at radius 3 is 2.90 bits per heavy atom. The van der Waals surface area contributed by atoms with Gasteiger partial charge in [-0.25, -0.2) is 0 Å². The molecule has 1 aromatic rings. The van der Waals surface area contributed by atoms with Crippen LogP contribution in [0.5, 0.6) is 5.75 Å². The third-order valence-corrected chi connectivity index (χ3v) is 3.96. The minimum Gasteiger partial charge on any atom is -0.490 e. The Morgan fingerprint density at radius 2 is 2.15 bits per heavy atom. The molecule has 1 unspecified atom stereocenters. The van der Waals surface area contributed by atoms with Crippen LogP contribution in [0.15, 0.2) is 24.3 Å². The predicted octanol–water partition coefficient (Wildman–Crippen LogP) is 3.26. The van der Waals surface area contributed by atoms with Gasteiger partial charge in [-0.3, -0.25) is 0 Å². The Hall–Kier alpha value is -1.06. The van der Waals surface area contributed by atoms with Crippen molar-refractivity contribution in [2.45, 2.75) is 64.2 Å². The summed E-state index contributed by atoms with van der Waals surface area (Å²) < 4.78 is 6.01. The lowest BCUT2D eigenvalue weighted by Crippen LogP contribution is -2.19. The molecule has 3 nitrogen and oxygen atoms in total. The number of hydrogen-bond donors (Lipinski definition) is 2. The first-order valence-electron chi connectivity index (χ1n) is 7.92. The fraction of sp³-hybridized carbons (Fsp3) is 0.647. The van der Waals surface area contributed by atoms with Gasteiger partial charge in [-0.1, -0.05) is 19.1 Å². The van der Waals surface area contributed by atoms with Crippen LogP contribution in [0.1, 0.15) is 51.0 Å². The quantitative estimate of drug-likeness (QED) is 0.717. The normalized spacial score (nSPS) is 17.3. The van der Waals surface area contributed by atoms with Crippen LogP contribution in [-0.4, -0.2) is 23.9 Å². The molecule has 0 heterocycles. The van der Waals surface area contributed by atoms with E-state index in [1.807, 2.05) is 13.0 Å². The lowest BCUT2D eigenvalue weighted by atomic mass is 10.2. The first-order valence-corrected chi connectivity index (χ1v) is 7.92. The highest BCUT2D eigenvalue weighted by Crippen LogP contribution is 2.24. The molecule has 1 aliphatic rings. The molecule has 1 aliphatic carbocycles. The first kappa shape index (κ1) is 15.3. The zero-order chi connectivity index (χ0) is 14.2. The van der Waals surface area contributed by atoms with E-state index in [1.165, 1.54) is 31.2 Å². The van der Waals surface area contributed by atoms with E-state index in [0.717, 1.165) is 31.7 Å². The Morgan fingerprint density at radius 1 is 1.35 bits per heavy atom. The molecule has 0 saturated heterocycles. The van der Waals surface area contributed by atoms with E-state index in [2.05, 4.69) is 23.5 Å². The van der Waals surface area contributed by atoms with E-state index >= 15 is 0 Å². The summed E-state index contributed by atoms with van der Waals surface area (Å²) in [5.41, 5.74) is 1.24. The van der Waals surface area contributed by atoms with Crippen molar-refractivity contribution in [1.82, 2.24) is 5.32 Å². The molecule has 1 fully saturated rings. The van der Waals surface area contributed by atoms with Crippen LogP contribution < -0.4 is 10.1 Å². The summed E-state index contributed by atoms with van der Waals surface area (Å²) in [5, 5.41) is 12.9. The maximum absolute atomic E-state index is 9.50. The molecule has 0 spiro atoms. The maximum atomic E-state index is 9.50. The van der Waals surface area contributed by atoms with Crippen molar-refractivity contribution in [3.05, 3.63) is 29.8 Å². The van der Waals surface area contributed by atoms with Crippen LogP contribution in [0.3, 0.4) is 0 Å². The summed E-state index contributed by atoms with van der Waals surface area (Å²) in [6.45, 7) is 3.69. The Labute approximate surface area is 122 Å². The average Bonchev–Trinajstić information content (AvgIpc) is 2.96. The Kier molecular flexibility index (Phi) is 6.34. The van der Waals surface area contributed by atoms with Crippen molar-refractivity contribution in [2.75, 3.05) is 6.54 Å². The van der Waals surface area contributed by atoms with Crippen molar-refractivity contribution >= 4 is 0 Å². The molecule has 2 rings (SSSR count). The van der Waals surface area contributed by atoms with Crippen LogP contribution in [-0.2, 0) is 6.54 Å². The molecule has 112 valence electrons. The van der Waals surface area contributed by atoms with Gasteiger partial charge in [-0.2, -0.15) is 0 Å². The van der Waals surface area contributed by atoms with E-state index in [1.54, 1.807) is 0 Å². The number of benzene rings is 1. The minimum atomic E-state index is -0.181. The van der Waals surface area contributed by atoms with Crippen LogP contribution in [0, 0.1) is 0 Å². The third kappa shape index (κ3) is 5.14. The summed E-state index contributed by atoms with van der Waals surface area (Å²) in [6, 6.07) is 8.34. The summed E-state index contributed by atoms with van der Waals surface area (Å²) >= 11 is 0. The van der Waals surface area contributed by atoms with Gasteiger partial charge >= 0.3 is 0 Å². The van der Waals surface area contributed by atoms with E-state index in [0.29, 0.717) is 6.10 Å². The van der Waals surface area contributed by atoms with Crippen molar-refractivity contribution in [3.63, 3.8) is 0 Å². The van der Waals surface area contributed by atoms with Crippen LogP contribution in [0.4, 0.5) is 0 Å². The van der Waals surface area contributed by atoms with E-state index in [9.17, 15) is 5.11 Å². The topological polar surface area (TPSA) is 41.5 Å². The molecule has 2 N–H and O–H groups in total. The molecule has 1 saturated carbocycles. The fourth-order valence-corrected chi connectivity index (χ4v) is 2.63. The highest BCUT2D eigenvalue weighted by atomic mass is 16.5. The summed E-state index contributed by atoms with van der Waals surface area (Å²) in [4.78, 5) is 0. The largest absolute Gasteiger partial charge is 0.490 e. The second kappa shape index (κ2) is 8.28. The highest BCUT2D eigenvalue weighted by Gasteiger charge is 2.16. The standard InChI is InChI=1S/C17H27NO2/c1-2-15(19)10-11-18-13-14-6-5-9-17(12-14)20-16-7-3-4-8-16/h5-6,9,12,15-16,18-19H,2-4,7-8,10-11,13H2,1H3. The van der Waals surface area contributed by atoms with E-state index in [4.69, 9.17) is 4.74 Å². The lowest BCUT2D eigenvalue weighted by Gasteiger charge is -2.14. The third-order valence-electron chi connectivity index (χ3n) is 3.96. The second-order valence-corrected chi connectivity index (χ2v) is 5.70. The van der Waals surface area contributed by atoms with E-state index < -0.39 is 0 Å². The average molecular weight is 277 g/mol. The predicted molar refractivity (Wildman–Crippen MR) is 81.9 cm³/mol. The van der Waals surface area contributed by atoms with Gasteiger partial charge in [0.2, 0.25) is 0 Å². The number of hydrogen-bond acceptors (Lipinski definition) is 3. The Bertz CT molecular complexity index is 388. The molecule has 0 aliphatic heterocycles. The van der Waals surface area contributed by atoms with Gasteiger partial charge in [0, 0.05) is 6.54 Å². The first-order chi connectivity index (χ1) is 9.78. The zero-order valence-corrected chi connectivity index (χ0v) is 12.5. The molecule has 3 heteroatoms. The molecule has 0 bridgehead atoms. The zero-order valence-electron chi connectivity index (χ0n) is 12.5. The summed E-state index contributed by atoms with van der Waals surface area (Å²) in [7, 11) is 0. The number of rotatable bonds is 8. The minimum absolute atomic E-state index is 0.181. The monoisotopic (exact) mass is 277 g/mol. The number of nitrogens with one attached hydrogen (secondary N) is 1. The molecule has 1 atom stereocenters.